The largest absolute Gasteiger partial charge is 0.338 e. The minimum absolute atomic E-state index is 0.0178. The molecule has 0 radical (unpaired) electrons. The second-order valence-electron chi connectivity index (χ2n) is 10.9. The smallest absolute Gasteiger partial charge is 0.317 e. The number of nitrogens with one attached hydrogen (secondary N) is 2. The molecule has 3 amide bonds. The third-order valence-electron chi connectivity index (χ3n) is 7.86. The summed E-state index contributed by atoms with van der Waals surface area (Å²) in [5.41, 5.74) is 3.90. The van der Waals surface area contributed by atoms with Gasteiger partial charge in [-0.2, -0.15) is 5.10 Å². The Morgan fingerprint density at radius 1 is 1.10 bits per heavy atom. The lowest BCUT2D eigenvalue weighted by Crippen LogP contribution is -2.51. The highest BCUT2D eigenvalue weighted by Crippen LogP contribution is 2.37. The van der Waals surface area contributed by atoms with Gasteiger partial charge in [-0.15, -0.1) is 0 Å². The molecule has 3 aromatic rings. The van der Waals surface area contributed by atoms with Crippen LogP contribution in [0.25, 0.3) is 0 Å². The second kappa shape index (κ2) is 10.3. The predicted molar refractivity (Wildman–Crippen MR) is 148 cm³/mol. The summed E-state index contributed by atoms with van der Waals surface area (Å²) in [6.07, 6.45) is 4.38. The van der Waals surface area contributed by atoms with Crippen molar-refractivity contribution in [2.45, 2.75) is 32.9 Å². The highest BCUT2D eigenvalue weighted by molar-refractivity contribution is 6.08. The lowest BCUT2D eigenvalue weighted by molar-refractivity contribution is 0.0981. The highest BCUT2D eigenvalue weighted by Gasteiger charge is 2.29. The molecular formula is C29H34FN7O2. The fourth-order valence-corrected chi connectivity index (χ4v) is 5.39. The van der Waals surface area contributed by atoms with Gasteiger partial charge in [0.1, 0.15) is 11.6 Å². The predicted octanol–water partition coefficient (Wildman–Crippen LogP) is 4.01. The molecule has 1 saturated heterocycles. The van der Waals surface area contributed by atoms with E-state index in [-0.39, 0.29) is 24.7 Å². The molecule has 39 heavy (non-hydrogen) atoms. The van der Waals surface area contributed by atoms with Gasteiger partial charge in [0.2, 0.25) is 0 Å². The van der Waals surface area contributed by atoms with E-state index in [4.69, 9.17) is 0 Å². The van der Waals surface area contributed by atoms with Crippen molar-refractivity contribution in [3.8, 4) is 0 Å². The Kier molecular flexibility index (Phi) is 6.72. The third-order valence-corrected chi connectivity index (χ3v) is 7.86. The molecule has 1 aromatic heterocycles. The Morgan fingerprint density at radius 2 is 1.90 bits per heavy atom. The summed E-state index contributed by atoms with van der Waals surface area (Å²) in [7, 11) is 1.84. The zero-order valence-corrected chi connectivity index (χ0v) is 22.4. The summed E-state index contributed by atoms with van der Waals surface area (Å²) in [5, 5.41) is 10.6. The maximum absolute atomic E-state index is 15.3. The lowest BCUT2D eigenvalue weighted by atomic mass is 10.1. The van der Waals surface area contributed by atoms with Crippen LogP contribution in [0.15, 0.2) is 42.6 Å². The monoisotopic (exact) mass is 531 g/mol. The van der Waals surface area contributed by atoms with Crippen molar-refractivity contribution in [1.29, 1.82) is 0 Å². The number of amides is 3. The molecular weight excluding hydrogens is 497 g/mol. The number of carbonyl (C=O) groups excluding carboxylic acids is 2. The van der Waals surface area contributed by atoms with Crippen LogP contribution in [-0.2, 0) is 20.1 Å². The molecule has 1 aliphatic carbocycles. The molecule has 0 atom stereocenters. The van der Waals surface area contributed by atoms with Crippen LogP contribution in [0.2, 0.25) is 0 Å². The van der Waals surface area contributed by atoms with Crippen molar-refractivity contribution in [2.24, 2.45) is 13.0 Å². The van der Waals surface area contributed by atoms with Crippen LogP contribution in [0, 0.1) is 18.7 Å². The first-order chi connectivity index (χ1) is 18.9. The molecule has 9 nitrogen and oxygen atoms in total. The number of aryl methyl sites for hydroxylation is 2. The van der Waals surface area contributed by atoms with Crippen LogP contribution in [0.1, 0.15) is 39.9 Å². The van der Waals surface area contributed by atoms with E-state index in [0.29, 0.717) is 24.3 Å². The number of hydrogen-bond donors (Lipinski definition) is 2. The number of carbonyl (C=O) groups is 2. The number of benzene rings is 2. The maximum Gasteiger partial charge on any atom is 0.317 e. The first kappa shape index (κ1) is 25.4. The number of nitrogens with zero attached hydrogens (tertiary/aromatic N) is 5. The number of aromatic nitrogens is 2. The van der Waals surface area contributed by atoms with Gasteiger partial charge in [-0.1, -0.05) is 12.1 Å². The fraction of sp³-hybridized carbons (Fsp3) is 0.414. The Hall–Kier alpha value is -3.92. The van der Waals surface area contributed by atoms with E-state index in [1.165, 1.54) is 25.0 Å². The minimum Gasteiger partial charge on any atom is -0.338 e. The normalized spacial score (nSPS) is 17.2. The van der Waals surface area contributed by atoms with Crippen LogP contribution in [0.4, 0.5) is 26.4 Å². The number of urea groups is 1. The summed E-state index contributed by atoms with van der Waals surface area (Å²) >= 11 is 0. The van der Waals surface area contributed by atoms with Crippen LogP contribution in [0.5, 0.6) is 0 Å². The molecule has 2 aromatic carbocycles. The van der Waals surface area contributed by atoms with Crippen LogP contribution >= 0.6 is 0 Å². The number of fused-ring (bicyclic) bond motifs is 2. The van der Waals surface area contributed by atoms with Crippen LogP contribution in [-0.4, -0.2) is 64.2 Å². The van der Waals surface area contributed by atoms with E-state index < -0.39 is 11.7 Å². The third kappa shape index (κ3) is 5.34. The number of rotatable bonds is 5. The summed E-state index contributed by atoms with van der Waals surface area (Å²) in [6.45, 7) is 6.76. The van der Waals surface area contributed by atoms with Gasteiger partial charge in [-0.05, 0) is 61.1 Å². The fourth-order valence-electron chi connectivity index (χ4n) is 5.39. The second-order valence-corrected chi connectivity index (χ2v) is 10.9. The van der Waals surface area contributed by atoms with Gasteiger partial charge < -0.3 is 20.4 Å². The summed E-state index contributed by atoms with van der Waals surface area (Å²) in [5.74, 6) is 0.597. The molecule has 2 aliphatic heterocycles. The van der Waals surface area contributed by atoms with Crippen molar-refractivity contribution in [1.82, 2.24) is 24.9 Å². The molecule has 2 N–H and O–H groups in total. The summed E-state index contributed by atoms with van der Waals surface area (Å²) in [4.78, 5) is 32.2. The van der Waals surface area contributed by atoms with Crippen molar-refractivity contribution in [3.63, 3.8) is 0 Å². The minimum atomic E-state index is -0.613. The maximum atomic E-state index is 15.3. The SMILES string of the molecule is Cc1ccc2c(c1)Nc1c(cnn1C)CN2C(=O)c1ccc(CNC(=O)N2CCN(CC3CC3)CC2)cc1F. The lowest BCUT2D eigenvalue weighted by Gasteiger charge is -2.34. The Balaban J connectivity index is 1.13. The van der Waals surface area contributed by atoms with Crippen molar-refractivity contribution in [3.05, 3.63) is 70.7 Å². The van der Waals surface area contributed by atoms with Gasteiger partial charge in [-0.25, -0.2) is 9.18 Å². The number of hydrogen-bond acceptors (Lipinski definition) is 5. The first-order valence-electron chi connectivity index (χ1n) is 13.6. The average Bonchev–Trinajstić information content (AvgIpc) is 3.71. The standard InChI is InChI=1S/C29H34FN7O2/c1-19-3-8-26-25(13-19)33-27-22(16-32-34(27)2)18-37(26)28(38)23-7-6-21(14-24(23)30)15-31-29(39)36-11-9-35(10-12-36)17-20-4-5-20/h3,6-8,13-14,16,20,33H,4-5,9-12,15,17-18H2,1-2H3,(H,31,39). The highest BCUT2D eigenvalue weighted by atomic mass is 19.1. The van der Waals surface area contributed by atoms with Gasteiger partial charge in [0.15, 0.2) is 0 Å². The molecule has 1 saturated carbocycles. The molecule has 3 heterocycles. The average molecular weight is 532 g/mol. The molecule has 10 heteroatoms. The summed E-state index contributed by atoms with van der Waals surface area (Å²) in [6, 6.07) is 10.2. The van der Waals surface area contributed by atoms with E-state index in [1.54, 1.807) is 21.8 Å². The molecule has 2 fully saturated rings. The van der Waals surface area contributed by atoms with Crippen molar-refractivity contribution < 1.29 is 14.0 Å². The van der Waals surface area contributed by atoms with E-state index in [2.05, 4.69) is 20.6 Å². The van der Waals surface area contributed by atoms with Crippen molar-refractivity contribution in [2.75, 3.05) is 42.9 Å². The number of piperazine rings is 1. The van der Waals surface area contributed by atoms with Crippen LogP contribution in [0.3, 0.4) is 0 Å². The summed E-state index contributed by atoms with van der Waals surface area (Å²) < 4.78 is 17.0. The number of halogens is 1. The molecule has 0 bridgehead atoms. The van der Waals surface area contributed by atoms with Crippen molar-refractivity contribution >= 4 is 29.1 Å². The zero-order chi connectivity index (χ0) is 27.1. The van der Waals surface area contributed by atoms with Gasteiger partial charge >= 0.3 is 6.03 Å². The number of anilines is 3. The Bertz CT molecular complexity index is 1410. The molecule has 0 unspecified atom stereocenters. The van der Waals surface area contributed by atoms with E-state index in [0.717, 1.165) is 48.2 Å². The van der Waals surface area contributed by atoms with E-state index >= 15 is 4.39 Å². The zero-order valence-electron chi connectivity index (χ0n) is 22.4. The Morgan fingerprint density at radius 3 is 2.64 bits per heavy atom. The molecule has 0 spiro atoms. The van der Waals surface area contributed by atoms with E-state index in [9.17, 15) is 9.59 Å². The molecule has 3 aliphatic rings. The van der Waals surface area contributed by atoms with Crippen LogP contribution < -0.4 is 15.5 Å². The quantitative estimate of drug-likeness (QED) is 0.520. The Labute approximate surface area is 227 Å². The van der Waals surface area contributed by atoms with E-state index in [1.807, 2.05) is 37.1 Å². The van der Waals surface area contributed by atoms with Gasteiger partial charge in [-0.3, -0.25) is 14.4 Å². The topological polar surface area (TPSA) is 85.7 Å². The first-order valence-corrected chi connectivity index (χ1v) is 13.6. The van der Waals surface area contributed by atoms with Gasteiger partial charge in [0.05, 0.1) is 29.7 Å². The molecule has 204 valence electrons. The van der Waals surface area contributed by atoms with Gasteiger partial charge in [0, 0.05) is 51.9 Å². The van der Waals surface area contributed by atoms with Gasteiger partial charge in [0.25, 0.3) is 5.91 Å². The molecule has 6 rings (SSSR count).